The zero-order chi connectivity index (χ0) is 7.65. The second kappa shape index (κ2) is 2.56. The summed E-state index contributed by atoms with van der Waals surface area (Å²) < 4.78 is 35.0. The van der Waals surface area contributed by atoms with Crippen molar-refractivity contribution < 1.29 is 13.4 Å². The molecule has 0 aromatic carbocycles. The van der Waals surface area contributed by atoms with E-state index < -0.39 is 17.1 Å². The molecular weight excluding hydrogens is 131 g/mol. The Kier molecular flexibility index (Phi) is 2.49. The molecule has 9 heavy (non-hydrogen) atoms. The van der Waals surface area contributed by atoms with E-state index in [1.807, 2.05) is 0 Å². The monoisotopic (exact) mass is 141 g/mol. The number of alkyl halides is 1. The molecule has 0 N–H and O–H groups in total. The van der Waals surface area contributed by atoms with Gasteiger partial charge in [-0.1, -0.05) is 29.7 Å². The van der Waals surface area contributed by atoms with Gasteiger partial charge in [-0.15, -0.1) is 0 Å². The molecule has 0 radical (unpaired) electrons. The molecule has 1 unspecified atom stereocenters. The fourth-order valence-electron chi connectivity index (χ4n) is 0.293. The molecule has 0 amide bonds. The standard InChI is InChI=1S/C5H10F3N/c1-5(2,3)4(6)9(7)8/h4H,1-3H3. The van der Waals surface area contributed by atoms with Crippen molar-refractivity contribution in [1.29, 1.82) is 0 Å². The van der Waals surface area contributed by atoms with Crippen molar-refractivity contribution in [2.45, 2.75) is 27.1 Å². The predicted molar refractivity (Wildman–Crippen MR) is 28.4 cm³/mol. The highest BCUT2D eigenvalue weighted by Crippen LogP contribution is 2.25. The van der Waals surface area contributed by atoms with Gasteiger partial charge in [-0.3, -0.25) is 0 Å². The summed E-state index contributed by atoms with van der Waals surface area (Å²) in [5.41, 5.74) is -1.01. The van der Waals surface area contributed by atoms with Crippen LogP contribution in [0.25, 0.3) is 0 Å². The minimum atomic E-state index is -2.18. The third kappa shape index (κ3) is 2.70. The molecule has 0 aliphatic heterocycles. The van der Waals surface area contributed by atoms with Crippen molar-refractivity contribution in [3.05, 3.63) is 0 Å². The maximum Gasteiger partial charge on any atom is 0.217 e. The molecule has 0 aliphatic rings. The van der Waals surface area contributed by atoms with Gasteiger partial charge < -0.3 is 0 Å². The van der Waals surface area contributed by atoms with E-state index >= 15 is 0 Å². The Morgan fingerprint density at radius 2 is 1.56 bits per heavy atom. The summed E-state index contributed by atoms with van der Waals surface area (Å²) in [7, 11) is 0. The summed E-state index contributed by atoms with van der Waals surface area (Å²) in [5.74, 6) is 0. The van der Waals surface area contributed by atoms with Crippen LogP contribution in [0.15, 0.2) is 0 Å². The summed E-state index contributed by atoms with van der Waals surface area (Å²) >= 11 is 0. The van der Waals surface area contributed by atoms with Gasteiger partial charge in [0, 0.05) is 5.41 Å². The van der Waals surface area contributed by atoms with Crippen LogP contribution in [0.1, 0.15) is 20.8 Å². The summed E-state index contributed by atoms with van der Waals surface area (Å²) in [4.78, 5) is 0. The normalized spacial score (nSPS) is 16.3. The first-order valence-corrected chi connectivity index (χ1v) is 2.60. The number of hydrogen-bond acceptors (Lipinski definition) is 1. The number of halogens is 3. The fourth-order valence-corrected chi connectivity index (χ4v) is 0.293. The zero-order valence-electron chi connectivity index (χ0n) is 5.66. The Morgan fingerprint density at radius 1 is 1.22 bits per heavy atom. The molecular formula is C5H10F3N. The summed E-state index contributed by atoms with van der Waals surface area (Å²) in [6.45, 7) is 4.22. The van der Waals surface area contributed by atoms with Gasteiger partial charge in [-0.05, 0) is 0 Å². The summed E-state index contributed by atoms with van der Waals surface area (Å²) in [5, 5.41) is -1.42. The lowest BCUT2D eigenvalue weighted by atomic mass is 9.96. The molecule has 0 rings (SSSR count). The zero-order valence-corrected chi connectivity index (χ0v) is 5.66. The Bertz CT molecular complexity index is 86.7. The number of rotatable bonds is 1. The van der Waals surface area contributed by atoms with Crippen molar-refractivity contribution >= 4 is 0 Å². The van der Waals surface area contributed by atoms with Crippen LogP contribution in [0.3, 0.4) is 0 Å². The molecule has 0 saturated heterocycles. The van der Waals surface area contributed by atoms with Gasteiger partial charge in [0.05, 0.1) is 5.34 Å². The summed E-state index contributed by atoms with van der Waals surface area (Å²) in [6.07, 6.45) is -2.18. The van der Waals surface area contributed by atoms with E-state index in [1.54, 1.807) is 0 Å². The fraction of sp³-hybridized carbons (Fsp3) is 1.00. The highest BCUT2D eigenvalue weighted by Gasteiger charge is 2.31. The first kappa shape index (κ1) is 8.75. The van der Waals surface area contributed by atoms with Crippen molar-refractivity contribution in [3.8, 4) is 0 Å². The Morgan fingerprint density at radius 3 is 1.56 bits per heavy atom. The van der Waals surface area contributed by atoms with Gasteiger partial charge in [0.2, 0.25) is 6.30 Å². The quantitative estimate of drug-likeness (QED) is 0.400. The van der Waals surface area contributed by atoms with Gasteiger partial charge in [0.25, 0.3) is 0 Å². The Balaban J connectivity index is 3.88. The van der Waals surface area contributed by atoms with Crippen molar-refractivity contribution in [2.24, 2.45) is 5.41 Å². The molecule has 1 nitrogen and oxygen atoms in total. The van der Waals surface area contributed by atoms with Gasteiger partial charge in [-0.2, -0.15) is 0 Å². The molecule has 1 atom stereocenters. The van der Waals surface area contributed by atoms with Crippen LogP contribution in [0.4, 0.5) is 13.4 Å². The minimum absolute atomic E-state index is 1.01. The second-order valence-electron chi connectivity index (χ2n) is 2.96. The number of hydrogen-bond donors (Lipinski definition) is 0. The third-order valence-corrected chi connectivity index (χ3v) is 0.886. The Hall–Kier alpha value is -0.250. The molecule has 56 valence electrons. The lowest BCUT2D eigenvalue weighted by Crippen LogP contribution is -2.30. The first-order chi connectivity index (χ1) is 3.85. The van der Waals surface area contributed by atoms with Crippen molar-refractivity contribution in [2.75, 3.05) is 0 Å². The minimum Gasteiger partial charge on any atom is -0.224 e. The van der Waals surface area contributed by atoms with Gasteiger partial charge >= 0.3 is 0 Å². The molecule has 0 spiro atoms. The van der Waals surface area contributed by atoms with Crippen LogP contribution in [-0.2, 0) is 0 Å². The first-order valence-electron chi connectivity index (χ1n) is 2.60. The lowest BCUT2D eigenvalue weighted by molar-refractivity contribution is -0.250. The molecule has 0 aliphatic carbocycles. The van der Waals surface area contributed by atoms with Crippen LogP contribution in [-0.4, -0.2) is 11.6 Å². The molecule has 0 bridgehead atoms. The van der Waals surface area contributed by atoms with Crippen LogP contribution >= 0.6 is 0 Å². The van der Waals surface area contributed by atoms with E-state index in [-0.39, 0.29) is 0 Å². The van der Waals surface area contributed by atoms with Crippen LogP contribution < -0.4 is 0 Å². The molecule has 0 heterocycles. The SMILES string of the molecule is CC(C)(C)C(F)N(F)F. The Labute approximate surface area is 52.3 Å². The second-order valence-corrected chi connectivity index (χ2v) is 2.96. The average molecular weight is 141 g/mol. The largest absolute Gasteiger partial charge is 0.224 e. The summed E-state index contributed by atoms with van der Waals surface area (Å²) in [6, 6.07) is 0. The van der Waals surface area contributed by atoms with E-state index in [0.717, 1.165) is 0 Å². The highest BCUT2D eigenvalue weighted by atomic mass is 19.4. The lowest BCUT2D eigenvalue weighted by Gasteiger charge is -2.22. The predicted octanol–water partition coefficient (Wildman–Crippen LogP) is 2.40. The van der Waals surface area contributed by atoms with Gasteiger partial charge in [0.1, 0.15) is 0 Å². The average Bonchev–Trinajstić information content (AvgIpc) is 1.62. The third-order valence-electron chi connectivity index (χ3n) is 0.886. The van der Waals surface area contributed by atoms with E-state index in [1.165, 1.54) is 20.8 Å². The van der Waals surface area contributed by atoms with Crippen LogP contribution in [0.2, 0.25) is 0 Å². The van der Waals surface area contributed by atoms with E-state index in [0.29, 0.717) is 0 Å². The van der Waals surface area contributed by atoms with E-state index in [4.69, 9.17) is 0 Å². The van der Waals surface area contributed by atoms with Crippen LogP contribution in [0.5, 0.6) is 0 Å². The van der Waals surface area contributed by atoms with Gasteiger partial charge in [-0.25, -0.2) is 4.39 Å². The molecule has 0 fully saturated rings. The van der Waals surface area contributed by atoms with Crippen molar-refractivity contribution in [3.63, 3.8) is 0 Å². The van der Waals surface area contributed by atoms with Crippen LogP contribution in [0, 0.1) is 5.41 Å². The smallest absolute Gasteiger partial charge is 0.217 e. The highest BCUT2D eigenvalue weighted by molar-refractivity contribution is 4.66. The number of nitrogens with zero attached hydrogens (tertiary/aromatic N) is 1. The van der Waals surface area contributed by atoms with E-state index in [2.05, 4.69) is 0 Å². The maximum atomic E-state index is 12.2. The molecule has 0 aromatic rings. The molecule has 4 heteroatoms. The van der Waals surface area contributed by atoms with Crippen molar-refractivity contribution in [1.82, 2.24) is 5.34 Å². The van der Waals surface area contributed by atoms with Gasteiger partial charge in [0.15, 0.2) is 0 Å². The maximum absolute atomic E-state index is 12.2. The molecule has 0 aromatic heterocycles. The molecule has 0 saturated carbocycles. The van der Waals surface area contributed by atoms with E-state index in [9.17, 15) is 13.4 Å². The topological polar surface area (TPSA) is 3.24 Å².